The van der Waals surface area contributed by atoms with Crippen molar-refractivity contribution in [2.75, 3.05) is 37.9 Å². The third-order valence-electron chi connectivity index (χ3n) is 2.16. The van der Waals surface area contributed by atoms with E-state index in [1.165, 1.54) is 0 Å². The van der Waals surface area contributed by atoms with E-state index >= 15 is 0 Å². The van der Waals surface area contributed by atoms with E-state index in [0.717, 1.165) is 24.7 Å². The van der Waals surface area contributed by atoms with Gasteiger partial charge >= 0.3 is 0 Å². The molecule has 2 N–H and O–H groups in total. The van der Waals surface area contributed by atoms with Crippen molar-refractivity contribution in [3.8, 4) is 0 Å². The lowest BCUT2D eigenvalue weighted by Gasteiger charge is -2.12. The first kappa shape index (κ1) is 12.7. The molecule has 0 aromatic carbocycles. The van der Waals surface area contributed by atoms with Gasteiger partial charge in [-0.2, -0.15) is 4.98 Å². The lowest BCUT2D eigenvalue weighted by Crippen LogP contribution is -2.17. The molecule has 0 spiro atoms. The summed E-state index contributed by atoms with van der Waals surface area (Å²) in [6, 6.07) is 1.93. The van der Waals surface area contributed by atoms with Gasteiger partial charge in [0.25, 0.3) is 0 Å². The molecule has 5 nitrogen and oxygen atoms in total. The Morgan fingerprint density at radius 1 is 1.44 bits per heavy atom. The molecular formula is C11H20N4O. The third kappa shape index (κ3) is 4.02. The van der Waals surface area contributed by atoms with Gasteiger partial charge in [0, 0.05) is 32.5 Å². The summed E-state index contributed by atoms with van der Waals surface area (Å²) in [6.45, 7) is 5.67. The summed E-state index contributed by atoms with van der Waals surface area (Å²) >= 11 is 0. The van der Waals surface area contributed by atoms with E-state index in [9.17, 15) is 0 Å². The van der Waals surface area contributed by atoms with Crippen LogP contribution in [0.1, 0.15) is 12.6 Å². The Morgan fingerprint density at radius 3 is 2.81 bits per heavy atom. The topological polar surface area (TPSA) is 59.1 Å². The zero-order valence-corrected chi connectivity index (χ0v) is 10.4. The lowest BCUT2D eigenvalue weighted by molar-refractivity contribution is 0.164. The first-order chi connectivity index (χ1) is 7.65. The summed E-state index contributed by atoms with van der Waals surface area (Å²) in [6.07, 6.45) is 0. The summed E-state index contributed by atoms with van der Waals surface area (Å²) in [4.78, 5) is 8.54. The van der Waals surface area contributed by atoms with Crippen molar-refractivity contribution < 1.29 is 4.74 Å². The molecule has 0 saturated heterocycles. The molecule has 5 heteroatoms. The van der Waals surface area contributed by atoms with Gasteiger partial charge in [-0.1, -0.05) is 6.92 Å². The number of hydrogen-bond acceptors (Lipinski definition) is 5. The van der Waals surface area contributed by atoms with Crippen LogP contribution in [0, 0.1) is 12.8 Å². The van der Waals surface area contributed by atoms with Gasteiger partial charge < -0.3 is 15.4 Å². The molecule has 1 rings (SSSR count). The van der Waals surface area contributed by atoms with Crippen LogP contribution < -0.4 is 10.6 Å². The Balaban J connectivity index is 2.56. The second kappa shape index (κ2) is 6.27. The molecular weight excluding hydrogens is 204 g/mol. The van der Waals surface area contributed by atoms with Gasteiger partial charge in [-0.3, -0.25) is 0 Å². The van der Waals surface area contributed by atoms with Crippen LogP contribution in [0.5, 0.6) is 0 Å². The van der Waals surface area contributed by atoms with E-state index in [1.54, 1.807) is 7.11 Å². The Hall–Kier alpha value is -1.36. The predicted octanol–water partition coefficient (Wildman–Crippen LogP) is 1.52. The Bertz CT molecular complexity index is 330. The van der Waals surface area contributed by atoms with E-state index < -0.39 is 0 Å². The maximum absolute atomic E-state index is 5.08. The number of hydrogen-bond donors (Lipinski definition) is 2. The molecule has 1 aromatic heterocycles. The van der Waals surface area contributed by atoms with Crippen LogP contribution in [-0.2, 0) is 4.74 Å². The molecule has 0 bridgehead atoms. The number of nitrogens with one attached hydrogen (secondary N) is 2. The van der Waals surface area contributed by atoms with Gasteiger partial charge in [0.1, 0.15) is 5.82 Å². The van der Waals surface area contributed by atoms with Crippen LogP contribution in [0.25, 0.3) is 0 Å². The minimum absolute atomic E-state index is 0.457. The van der Waals surface area contributed by atoms with Crippen molar-refractivity contribution in [3.05, 3.63) is 11.8 Å². The van der Waals surface area contributed by atoms with Crippen molar-refractivity contribution in [1.29, 1.82) is 0 Å². The first-order valence-electron chi connectivity index (χ1n) is 5.42. The summed E-state index contributed by atoms with van der Waals surface area (Å²) in [5.41, 5.74) is 0.946. The Labute approximate surface area is 96.6 Å². The van der Waals surface area contributed by atoms with Gasteiger partial charge in [0.15, 0.2) is 0 Å². The van der Waals surface area contributed by atoms with E-state index in [2.05, 4.69) is 27.5 Å². The summed E-state index contributed by atoms with van der Waals surface area (Å²) in [5, 5.41) is 6.21. The molecule has 1 heterocycles. The van der Waals surface area contributed by atoms with Gasteiger partial charge in [-0.15, -0.1) is 0 Å². The molecule has 0 fully saturated rings. The normalized spacial score (nSPS) is 12.2. The molecule has 16 heavy (non-hydrogen) atoms. The van der Waals surface area contributed by atoms with Crippen molar-refractivity contribution >= 4 is 11.8 Å². The highest BCUT2D eigenvalue weighted by molar-refractivity contribution is 5.41. The van der Waals surface area contributed by atoms with Crippen molar-refractivity contribution in [1.82, 2.24) is 9.97 Å². The highest BCUT2D eigenvalue weighted by Crippen LogP contribution is 2.09. The number of anilines is 2. The maximum atomic E-state index is 5.08. The van der Waals surface area contributed by atoms with Crippen LogP contribution in [0.2, 0.25) is 0 Å². The average molecular weight is 224 g/mol. The Kier molecular flexibility index (Phi) is 4.98. The third-order valence-corrected chi connectivity index (χ3v) is 2.16. The quantitative estimate of drug-likeness (QED) is 0.767. The zero-order valence-electron chi connectivity index (χ0n) is 10.4. The van der Waals surface area contributed by atoms with Crippen molar-refractivity contribution in [2.45, 2.75) is 13.8 Å². The summed E-state index contributed by atoms with van der Waals surface area (Å²) < 4.78 is 5.08. The van der Waals surface area contributed by atoms with Gasteiger partial charge in [-0.05, 0) is 12.8 Å². The highest BCUT2D eigenvalue weighted by Gasteiger charge is 2.03. The second-order valence-corrected chi connectivity index (χ2v) is 3.91. The van der Waals surface area contributed by atoms with Gasteiger partial charge in [-0.25, -0.2) is 4.98 Å². The van der Waals surface area contributed by atoms with Crippen molar-refractivity contribution in [3.63, 3.8) is 0 Å². The van der Waals surface area contributed by atoms with Crippen LogP contribution in [-0.4, -0.2) is 37.3 Å². The number of ether oxygens (including phenoxy) is 1. The fourth-order valence-electron chi connectivity index (χ4n) is 1.39. The summed E-state index contributed by atoms with van der Waals surface area (Å²) in [5.74, 6) is 1.94. The van der Waals surface area contributed by atoms with Crippen molar-refractivity contribution in [2.24, 2.45) is 5.92 Å². The molecule has 1 atom stereocenters. The van der Waals surface area contributed by atoms with E-state index in [-0.39, 0.29) is 0 Å². The fraction of sp³-hybridized carbons (Fsp3) is 0.636. The summed E-state index contributed by atoms with van der Waals surface area (Å²) in [7, 11) is 3.52. The smallest absolute Gasteiger partial charge is 0.224 e. The van der Waals surface area contributed by atoms with Crippen LogP contribution in [0.15, 0.2) is 6.07 Å². The fourth-order valence-corrected chi connectivity index (χ4v) is 1.39. The van der Waals surface area contributed by atoms with Gasteiger partial charge in [0.2, 0.25) is 5.95 Å². The molecule has 0 amide bonds. The molecule has 1 unspecified atom stereocenters. The minimum Gasteiger partial charge on any atom is -0.384 e. The molecule has 0 aliphatic carbocycles. The average Bonchev–Trinajstić information content (AvgIpc) is 2.26. The second-order valence-electron chi connectivity index (χ2n) is 3.91. The standard InChI is InChI=1S/C11H20N4O/c1-8(7-16-4)6-13-10-5-9(2)14-11(12-3)15-10/h5,8H,6-7H2,1-4H3,(H2,12,13,14,15). The van der Waals surface area contributed by atoms with Crippen LogP contribution in [0.3, 0.4) is 0 Å². The number of nitrogens with zero attached hydrogens (tertiary/aromatic N) is 2. The number of methoxy groups -OCH3 is 1. The van der Waals surface area contributed by atoms with E-state index in [4.69, 9.17) is 4.74 Å². The van der Waals surface area contributed by atoms with Crippen LogP contribution in [0.4, 0.5) is 11.8 Å². The highest BCUT2D eigenvalue weighted by atomic mass is 16.5. The molecule has 90 valence electrons. The minimum atomic E-state index is 0.457. The molecule has 0 aliphatic rings. The number of aromatic nitrogens is 2. The van der Waals surface area contributed by atoms with Crippen LogP contribution >= 0.6 is 0 Å². The van der Waals surface area contributed by atoms with Gasteiger partial charge in [0.05, 0.1) is 6.61 Å². The molecule has 0 saturated carbocycles. The van der Waals surface area contributed by atoms with E-state index in [0.29, 0.717) is 11.9 Å². The molecule has 0 radical (unpaired) electrons. The maximum Gasteiger partial charge on any atom is 0.224 e. The molecule has 1 aromatic rings. The van der Waals surface area contributed by atoms with E-state index in [1.807, 2.05) is 20.0 Å². The monoisotopic (exact) mass is 224 g/mol. The predicted molar refractivity (Wildman–Crippen MR) is 65.8 cm³/mol. The SMILES string of the molecule is CNc1nc(C)cc(NCC(C)COC)n1. The lowest BCUT2D eigenvalue weighted by atomic mass is 10.2. The first-order valence-corrected chi connectivity index (χ1v) is 5.42. The molecule has 0 aliphatic heterocycles. The zero-order chi connectivity index (χ0) is 12.0. The largest absolute Gasteiger partial charge is 0.384 e. The Morgan fingerprint density at radius 2 is 2.19 bits per heavy atom. The number of aryl methyl sites for hydroxylation is 1. The number of rotatable bonds is 6.